The van der Waals surface area contributed by atoms with Crippen molar-refractivity contribution < 1.29 is 14.4 Å². The van der Waals surface area contributed by atoms with Crippen molar-refractivity contribution in [3.8, 4) is 0 Å². The van der Waals surface area contributed by atoms with E-state index in [0.717, 1.165) is 19.3 Å². The molecule has 0 saturated heterocycles. The minimum Gasteiger partial charge on any atom is -0.352 e. The molecule has 3 amide bonds. The van der Waals surface area contributed by atoms with Gasteiger partial charge in [0.25, 0.3) is 0 Å². The highest BCUT2D eigenvalue weighted by Crippen LogP contribution is 2.29. The fourth-order valence-corrected chi connectivity index (χ4v) is 2.81. The van der Waals surface area contributed by atoms with Crippen molar-refractivity contribution in [1.29, 1.82) is 0 Å². The SMILES string of the molecule is CCCCC(CN)NC(=O)CCC(=O)N1CC(=O)Nc2ccccc21.Cl. The van der Waals surface area contributed by atoms with Crippen LogP contribution in [0.3, 0.4) is 0 Å². The average Bonchev–Trinajstić information content (AvgIpc) is 2.62. The van der Waals surface area contributed by atoms with E-state index in [4.69, 9.17) is 5.73 Å². The largest absolute Gasteiger partial charge is 0.352 e. The Hall–Kier alpha value is -2.12. The lowest BCUT2D eigenvalue weighted by atomic mass is 10.1. The van der Waals surface area contributed by atoms with E-state index in [1.165, 1.54) is 4.90 Å². The number of carbonyl (C=O) groups is 3. The minimum atomic E-state index is -0.240. The highest BCUT2D eigenvalue weighted by Gasteiger charge is 2.26. The van der Waals surface area contributed by atoms with E-state index in [9.17, 15) is 14.4 Å². The van der Waals surface area contributed by atoms with E-state index < -0.39 is 0 Å². The monoisotopic (exact) mass is 382 g/mol. The number of hydrogen-bond acceptors (Lipinski definition) is 4. The molecule has 0 fully saturated rings. The van der Waals surface area contributed by atoms with Crippen LogP contribution < -0.4 is 21.3 Å². The number of nitrogens with two attached hydrogens (primary N) is 1. The maximum absolute atomic E-state index is 12.5. The fraction of sp³-hybridized carbons (Fsp3) is 0.500. The maximum atomic E-state index is 12.5. The van der Waals surface area contributed by atoms with E-state index in [0.29, 0.717) is 17.9 Å². The van der Waals surface area contributed by atoms with E-state index in [2.05, 4.69) is 17.6 Å². The Morgan fingerprint density at radius 1 is 1.31 bits per heavy atom. The number of nitrogens with one attached hydrogen (secondary N) is 2. The van der Waals surface area contributed by atoms with Crippen LogP contribution in [-0.4, -0.2) is 36.9 Å². The number of halogens is 1. The molecule has 0 aliphatic carbocycles. The lowest BCUT2D eigenvalue weighted by Crippen LogP contribution is -2.43. The summed E-state index contributed by atoms with van der Waals surface area (Å²) < 4.78 is 0. The van der Waals surface area contributed by atoms with E-state index in [1.54, 1.807) is 18.2 Å². The normalized spacial score (nSPS) is 13.9. The van der Waals surface area contributed by atoms with Gasteiger partial charge < -0.3 is 21.3 Å². The molecule has 7 nitrogen and oxygen atoms in total. The first-order valence-electron chi connectivity index (χ1n) is 8.73. The third kappa shape index (κ3) is 6.00. The summed E-state index contributed by atoms with van der Waals surface area (Å²) in [6.07, 6.45) is 3.02. The second kappa shape index (κ2) is 10.8. The summed E-state index contributed by atoms with van der Waals surface area (Å²) >= 11 is 0. The molecular formula is C18H27ClN4O3. The molecule has 1 unspecified atom stereocenters. The Morgan fingerprint density at radius 2 is 2.04 bits per heavy atom. The quantitative estimate of drug-likeness (QED) is 0.637. The molecule has 1 aliphatic rings. The lowest BCUT2D eigenvalue weighted by molar-refractivity contribution is -0.126. The van der Waals surface area contributed by atoms with Crippen molar-refractivity contribution >= 4 is 41.5 Å². The molecule has 1 aromatic rings. The molecule has 1 heterocycles. The van der Waals surface area contributed by atoms with Crippen LogP contribution in [0, 0.1) is 0 Å². The average molecular weight is 383 g/mol. The van der Waals surface area contributed by atoms with Crippen LogP contribution in [-0.2, 0) is 14.4 Å². The van der Waals surface area contributed by atoms with E-state index in [1.807, 2.05) is 6.07 Å². The number of para-hydroxylation sites is 2. The van der Waals surface area contributed by atoms with Crippen molar-refractivity contribution in [2.24, 2.45) is 5.73 Å². The molecule has 0 bridgehead atoms. The standard InChI is InChI=1S/C18H26N4O3.ClH/c1-2-3-6-13(11-19)20-16(23)9-10-18(25)22-12-17(24)21-14-7-4-5-8-15(14)22;/h4-5,7-8,13H,2-3,6,9-12,19H2,1H3,(H,20,23)(H,21,24);1H. The second-order valence-corrected chi connectivity index (χ2v) is 6.19. The first kappa shape index (κ1) is 21.9. The van der Waals surface area contributed by atoms with Gasteiger partial charge in [0.2, 0.25) is 17.7 Å². The first-order valence-corrected chi connectivity index (χ1v) is 8.73. The number of carbonyl (C=O) groups excluding carboxylic acids is 3. The third-order valence-corrected chi connectivity index (χ3v) is 4.19. The topological polar surface area (TPSA) is 105 Å². The molecule has 1 aromatic carbocycles. The summed E-state index contributed by atoms with van der Waals surface area (Å²) in [7, 11) is 0. The zero-order chi connectivity index (χ0) is 18.2. The summed E-state index contributed by atoms with van der Waals surface area (Å²) in [4.78, 5) is 37.7. The summed E-state index contributed by atoms with van der Waals surface area (Å²) in [5.74, 6) is -0.663. The highest BCUT2D eigenvalue weighted by atomic mass is 35.5. The highest BCUT2D eigenvalue weighted by molar-refractivity contribution is 6.10. The minimum absolute atomic E-state index is 0. The van der Waals surface area contributed by atoms with Gasteiger partial charge in [0.15, 0.2) is 0 Å². The van der Waals surface area contributed by atoms with Gasteiger partial charge in [0.1, 0.15) is 6.54 Å². The van der Waals surface area contributed by atoms with Gasteiger partial charge in [0.05, 0.1) is 11.4 Å². The van der Waals surface area contributed by atoms with Crippen LogP contribution in [0.25, 0.3) is 0 Å². The number of benzene rings is 1. The zero-order valence-corrected chi connectivity index (χ0v) is 15.8. The van der Waals surface area contributed by atoms with Crippen molar-refractivity contribution in [1.82, 2.24) is 5.32 Å². The summed E-state index contributed by atoms with van der Waals surface area (Å²) in [6, 6.07) is 7.08. The Bertz CT molecular complexity index is 639. The molecule has 0 saturated carbocycles. The van der Waals surface area contributed by atoms with Gasteiger partial charge in [-0.25, -0.2) is 0 Å². The number of rotatable bonds is 8. The van der Waals surface area contributed by atoms with Gasteiger partial charge >= 0.3 is 0 Å². The molecule has 0 spiro atoms. The smallest absolute Gasteiger partial charge is 0.244 e. The summed E-state index contributed by atoms with van der Waals surface area (Å²) in [6.45, 7) is 2.44. The van der Waals surface area contributed by atoms with Gasteiger partial charge in [-0.1, -0.05) is 31.9 Å². The number of anilines is 2. The van der Waals surface area contributed by atoms with Crippen LogP contribution in [0.5, 0.6) is 0 Å². The van der Waals surface area contributed by atoms with Crippen LogP contribution >= 0.6 is 12.4 Å². The van der Waals surface area contributed by atoms with E-state index >= 15 is 0 Å². The predicted molar refractivity (Wildman–Crippen MR) is 104 cm³/mol. The number of nitrogens with zero attached hydrogens (tertiary/aromatic N) is 1. The maximum Gasteiger partial charge on any atom is 0.244 e. The number of fused-ring (bicyclic) bond motifs is 1. The van der Waals surface area contributed by atoms with Crippen molar-refractivity contribution in [3.05, 3.63) is 24.3 Å². The molecule has 26 heavy (non-hydrogen) atoms. The van der Waals surface area contributed by atoms with Gasteiger partial charge in [0, 0.05) is 25.4 Å². The summed E-state index contributed by atoms with van der Waals surface area (Å²) in [5, 5.41) is 5.61. The Balaban J connectivity index is 0.00000338. The van der Waals surface area contributed by atoms with Crippen molar-refractivity contribution in [2.75, 3.05) is 23.3 Å². The second-order valence-electron chi connectivity index (χ2n) is 6.19. The van der Waals surface area contributed by atoms with Crippen LogP contribution in [0.1, 0.15) is 39.0 Å². The summed E-state index contributed by atoms with van der Waals surface area (Å²) in [5.41, 5.74) is 6.94. The van der Waals surface area contributed by atoms with Crippen LogP contribution in [0.2, 0.25) is 0 Å². The van der Waals surface area contributed by atoms with E-state index in [-0.39, 0.29) is 55.6 Å². The first-order chi connectivity index (χ1) is 12.0. The third-order valence-electron chi connectivity index (χ3n) is 4.19. The van der Waals surface area contributed by atoms with Gasteiger partial charge in [-0.05, 0) is 18.6 Å². The Morgan fingerprint density at radius 3 is 2.73 bits per heavy atom. The molecule has 4 N–H and O–H groups in total. The lowest BCUT2D eigenvalue weighted by Gasteiger charge is -2.29. The van der Waals surface area contributed by atoms with Gasteiger partial charge in [-0.3, -0.25) is 14.4 Å². The molecule has 8 heteroatoms. The Kier molecular flexibility index (Phi) is 9.09. The number of hydrogen-bond donors (Lipinski definition) is 3. The molecule has 1 atom stereocenters. The Labute approximate surface area is 160 Å². The zero-order valence-electron chi connectivity index (χ0n) is 15.0. The van der Waals surface area contributed by atoms with Crippen molar-refractivity contribution in [3.63, 3.8) is 0 Å². The molecule has 0 radical (unpaired) electrons. The molecule has 1 aliphatic heterocycles. The number of amides is 3. The fourth-order valence-electron chi connectivity index (χ4n) is 2.81. The van der Waals surface area contributed by atoms with Gasteiger partial charge in [-0.2, -0.15) is 0 Å². The van der Waals surface area contributed by atoms with Gasteiger partial charge in [-0.15, -0.1) is 12.4 Å². The van der Waals surface area contributed by atoms with Crippen LogP contribution in [0.4, 0.5) is 11.4 Å². The molecular weight excluding hydrogens is 356 g/mol. The molecule has 144 valence electrons. The number of unbranched alkanes of at least 4 members (excludes halogenated alkanes) is 1. The molecule has 0 aromatic heterocycles. The molecule has 2 rings (SSSR count). The van der Waals surface area contributed by atoms with Crippen molar-refractivity contribution in [2.45, 2.75) is 45.1 Å². The van der Waals surface area contributed by atoms with Crippen LogP contribution in [0.15, 0.2) is 24.3 Å². The predicted octanol–water partition coefficient (Wildman–Crippen LogP) is 1.81.